The van der Waals surface area contributed by atoms with Crippen molar-refractivity contribution in [2.45, 2.75) is 6.42 Å². The monoisotopic (exact) mass is 485 g/mol. The van der Waals surface area contributed by atoms with Crippen LogP contribution in [-0.4, -0.2) is 29.1 Å². The van der Waals surface area contributed by atoms with Gasteiger partial charge in [0.05, 0.1) is 10.6 Å². The fourth-order valence-corrected chi connectivity index (χ4v) is 3.40. The molecule has 0 bridgehead atoms. The first-order chi connectivity index (χ1) is 15.9. The molecule has 1 aliphatic heterocycles. The molecule has 4 rings (SSSR count). The Balaban J connectivity index is 1.33. The van der Waals surface area contributed by atoms with E-state index in [1.165, 1.54) is 24.4 Å². The summed E-state index contributed by atoms with van der Waals surface area (Å²) in [7, 11) is 0. The summed E-state index contributed by atoms with van der Waals surface area (Å²) in [4.78, 5) is 20.5. The molecule has 0 spiro atoms. The minimum atomic E-state index is -0.807. The van der Waals surface area contributed by atoms with Crippen LogP contribution < -0.4 is 14.2 Å². The number of nitriles is 1. The number of carbonyl (C=O) groups excluding carboxylic acids is 1. The van der Waals surface area contributed by atoms with Crippen LogP contribution >= 0.6 is 23.2 Å². The first-order valence-corrected chi connectivity index (χ1v) is 10.1. The molecule has 0 atom stereocenters. The molecular weight excluding hydrogens is 473 g/mol. The zero-order valence-electron chi connectivity index (χ0n) is 16.6. The number of benzene rings is 2. The van der Waals surface area contributed by atoms with E-state index in [9.17, 15) is 9.90 Å². The van der Waals surface area contributed by atoms with E-state index in [0.29, 0.717) is 22.6 Å². The van der Waals surface area contributed by atoms with Crippen LogP contribution in [0, 0.1) is 11.3 Å². The average molecular weight is 486 g/mol. The third kappa shape index (κ3) is 5.09. The van der Waals surface area contributed by atoms with Gasteiger partial charge in [0.2, 0.25) is 18.0 Å². The second-order valence-electron chi connectivity index (χ2n) is 6.63. The molecule has 0 amide bonds. The number of aromatic hydroxyl groups is 1. The van der Waals surface area contributed by atoms with Gasteiger partial charge in [0.1, 0.15) is 11.8 Å². The third-order valence-corrected chi connectivity index (χ3v) is 4.96. The molecule has 0 radical (unpaired) electrons. The van der Waals surface area contributed by atoms with Crippen LogP contribution in [0.2, 0.25) is 10.0 Å². The van der Waals surface area contributed by atoms with E-state index >= 15 is 0 Å². The van der Waals surface area contributed by atoms with E-state index < -0.39 is 12.6 Å². The number of rotatable bonds is 6. The molecule has 0 saturated carbocycles. The van der Waals surface area contributed by atoms with Crippen molar-refractivity contribution in [3.63, 3.8) is 0 Å². The summed E-state index contributed by atoms with van der Waals surface area (Å²) in [5.41, 5.74) is 1.83. The maximum atomic E-state index is 11.7. The number of hydrogen-bond acceptors (Lipinski definition) is 9. The zero-order chi connectivity index (χ0) is 23.4. The molecule has 33 heavy (non-hydrogen) atoms. The Bertz CT molecular complexity index is 1310. The highest BCUT2D eigenvalue weighted by atomic mass is 35.5. The number of ether oxygens (including phenoxy) is 3. The molecule has 2 heterocycles. The van der Waals surface area contributed by atoms with Crippen molar-refractivity contribution in [3.8, 4) is 34.9 Å². The van der Waals surface area contributed by atoms with Gasteiger partial charge in [-0.3, -0.25) is 0 Å². The van der Waals surface area contributed by atoms with Gasteiger partial charge in [-0.25, -0.2) is 9.78 Å². The minimum absolute atomic E-state index is 0.0230. The highest BCUT2D eigenvalue weighted by molar-refractivity contribution is 6.35. The smallest absolute Gasteiger partial charge is 0.372 e. The van der Waals surface area contributed by atoms with Crippen LogP contribution in [0.1, 0.15) is 16.7 Å². The van der Waals surface area contributed by atoms with Gasteiger partial charge < -0.3 is 24.2 Å². The number of hydrogen-bond donors (Lipinski definition) is 1. The van der Waals surface area contributed by atoms with E-state index in [0.717, 1.165) is 12.0 Å². The van der Waals surface area contributed by atoms with Crippen molar-refractivity contribution in [3.05, 3.63) is 69.3 Å². The molecule has 0 aliphatic carbocycles. The van der Waals surface area contributed by atoms with Gasteiger partial charge in [-0.1, -0.05) is 29.3 Å². The van der Waals surface area contributed by atoms with Gasteiger partial charge in [-0.15, -0.1) is 0 Å². The molecule has 0 unspecified atom stereocenters. The maximum absolute atomic E-state index is 11.7. The predicted octanol–water partition coefficient (Wildman–Crippen LogP) is 4.61. The number of halogens is 2. The Morgan fingerprint density at radius 1 is 1.24 bits per heavy atom. The van der Waals surface area contributed by atoms with Crippen LogP contribution in [0.5, 0.6) is 28.9 Å². The molecule has 2 aromatic carbocycles. The van der Waals surface area contributed by atoms with Crippen molar-refractivity contribution < 1.29 is 28.9 Å². The fraction of sp³-hybridized carbons (Fsp3) is 0.0909. The minimum Gasteiger partial charge on any atom is -0.502 e. The van der Waals surface area contributed by atoms with Crippen LogP contribution in [-0.2, 0) is 16.1 Å². The third-order valence-electron chi connectivity index (χ3n) is 4.43. The van der Waals surface area contributed by atoms with E-state index in [1.807, 2.05) is 6.07 Å². The second kappa shape index (κ2) is 9.65. The van der Waals surface area contributed by atoms with Crippen LogP contribution in [0.15, 0.2) is 47.8 Å². The lowest BCUT2D eigenvalue weighted by atomic mass is 10.0. The van der Waals surface area contributed by atoms with Gasteiger partial charge in [0.25, 0.3) is 0 Å². The Morgan fingerprint density at radius 2 is 2.06 bits per heavy atom. The Kier molecular flexibility index (Phi) is 6.49. The summed E-state index contributed by atoms with van der Waals surface area (Å²) < 4.78 is 16.1. The number of pyridine rings is 1. The number of nitrogens with zero attached hydrogens (tertiary/aromatic N) is 3. The second-order valence-corrected chi connectivity index (χ2v) is 7.48. The average Bonchev–Trinajstić information content (AvgIpc) is 2.81. The normalized spacial score (nSPS) is 11.7. The van der Waals surface area contributed by atoms with Crippen LogP contribution in [0.4, 0.5) is 0 Å². The molecule has 11 heteroatoms. The summed E-state index contributed by atoms with van der Waals surface area (Å²) in [6.45, 7) is -0.448. The highest BCUT2D eigenvalue weighted by Crippen LogP contribution is 2.45. The molecule has 9 nitrogen and oxygen atoms in total. The molecular formula is C22H13Cl2N3O6. The molecule has 1 aliphatic rings. The Hall–Kier alpha value is -4.00. The number of phenols is 1. The van der Waals surface area contributed by atoms with E-state index in [2.05, 4.69) is 15.0 Å². The number of aromatic nitrogens is 1. The molecule has 1 N–H and O–H groups in total. The van der Waals surface area contributed by atoms with Gasteiger partial charge >= 0.3 is 5.97 Å². The maximum Gasteiger partial charge on any atom is 0.372 e. The highest BCUT2D eigenvalue weighted by Gasteiger charge is 2.24. The standard InChI is InChI=1S/C22H13Cl2N3O6/c23-15-2-4-17(16(24)7-15)30-10-19(28)33-27-11-31-18-3-1-13-6-14-5-12(8-25)9-26-22(14)32-21(13)20(18)29/h1-5,7,9,11,29H,6,10H2/b27-11+. The first-order valence-electron chi connectivity index (χ1n) is 9.32. The summed E-state index contributed by atoms with van der Waals surface area (Å²) in [6.07, 6.45) is 2.64. The van der Waals surface area contributed by atoms with Crippen molar-refractivity contribution >= 4 is 35.6 Å². The van der Waals surface area contributed by atoms with Crippen molar-refractivity contribution in [1.29, 1.82) is 5.26 Å². The topological polar surface area (TPSA) is 123 Å². The van der Waals surface area contributed by atoms with Crippen LogP contribution in [0.3, 0.4) is 0 Å². The van der Waals surface area contributed by atoms with Gasteiger partial charge in [0, 0.05) is 28.8 Å². The van der Waals surface area contributed by atoms with E-state index in [-0.39, 0.29) is 33.9 Å². The number of phenolic OH excluding ortho intramolecular Hbond substituents is 1. The van der Waals surface area contributed by atoms with Crippen molar-refractivity contribution in [2.24, 2.45) is 5.16 Å². The lowest BCUT2D eigenvalue weighted by molar-refractivity contribution is -0.146. The van der Waals surface area contributed by atoms with E-state index in [1.54, 1.807) is 18.2 Å². The Labute approximate surface area is 197 Å². The summed E-state index contributed by atoms with van der Waals surface area (Å²) in [6, 6.07) is 11.4. The van der Waals surface area contributed by atoms with Gasteiger partial charge in [0.15, 0.2) is 18.1 Å². The predicted molar refractivity (Wildman–Crippen MR) is 117 cm³/mol. The summed E-state index contributed by atoms with van der Waals surface area (Å²) in [5.74, 6) is -0.332. The first kappa shape index (κ1) is 22.2. The number of oxime groups is 1. The summed E-state index contributed by atoms with van der Waals surface area (Å²) in [5, 5.41) is 23.6. The number of fused-ring (bicyclic) bond motifs is 2. The Morgan fingerprint density at radius 3 is 2.85 bits per heavy atom. The van der Waals surface area contributed by atoms with Crippen LogP contribution in [0.25, 0.3) is 0 Å². The molecule has 166 valence electrons. The molecule has 0 fully saturated rings. The lowest BCUT2D eigenvalue weighted by Crippen LogP contribution is -2.13. The molecule has 1 aromatic heterocycles. The molecule has 0 saturated heterocycles. The SMILES string of the molecule is N#Cc1cnc2c(c1)Cc1ccc(O/C=N/OC(=O)COc3ccc(Cl)cc3Cl)c(O)c1O2. The summed E-state index contributed by atoms with van der Waals surface area (Å²) >= 11 is 11.7. The van der Waals surface area contributed by atoms with Gasteiger partial charge in [-0.05, 0) is 35.5 Å². The number of carbonyl (C=O) groups is 1. The zero-order valence-corrected chi connectivity index (χ0v) is 18.1. The fourth-order valence-electron chi connectivity index (χ4n) is 2.94. The van der Waals surface area contributed by atoms with Gasteiger partial charge in [-0.2, -0.15) is 5.26 Å². The molecule has 3 aromatic rings. The van der Waals surface area contributed by atoms with E-state index in [4.69, 9.17) is 42.7 Å². The lowest BCUT2D eigenvalue weighted by Gasteiger charge is -2.20. The largest absolute Gasteiger partial charge is 0.502 e. The van der Waals surface area contributed by atoms with Crippen molar-refractivity contribution in [2.75, 3.05) is 6.61 Å². The van der Waals surface area contributed by atoms with Crippen molar-refractivity contribution in [1.82, 2.24) is 4.98 Å². The quantitative estimate of drug-likeness (QED) is 0.182.